The van der Waals surface area contributed by atoms with E-state index in [0.29, 0.717) is 23.1 Å². The second-order valence-corrected chi connectivity index (χ2v) is 8.00. The number of anilines is 1. The van der Waals surface area contributed by atoms with Crippen molar-refractivity contribution in [2.45, 2.75) is 26.9 Å². The van der Waals surface area contributed by atoms with Gasteiger partial charge in [0.05, 0.1) is 22.3 Å². The highest BCUT2D eigenvalue weighted by atomic mass is 16.2. The first-order valence-corrected chi connectivity index (χ1v) is 10.8. The first kappa shape index (κ1) is 21.8. The van der Waals surface area contributed by atoms with Crippen molar-refractivity contribution in [1.29, 1.82) is 0 Å². The summed E-state index contributed by atoms with van der Waals surface area (Å²) in [4.78, 5) is 48.3. The number of rotatable bonds is 5. The van der Waals surface area contributed by atoms with E-state index in [0.717, 1.165) is 49.7 Å². The van der Waals surface area contributed by atoms with Crippen LogP contribution in [0.5, 0.6) is 0 Å². The zero-order valence-corrected chi connectivity index (χ0v) is 18.6. The Labute approximate surface area is 185 Å². The maximum Gasteiger partial charge on any atom is 0.328 e. The van der Waals surface area contributed by atoms with E-state index in [2.05, 4.69) is 25.1 Å². The lowest BCUT2D eigenvalue weighted by atomic mass is 10.1. The molecule has 2 N–H and O–H groups in total. The summed E-state index contributed by atoms with van der Waals surface area (Å²) in [6, 6.07) is 9.38. The number of carbonyl (C=O) groups is 1. The van der Waals surface area contributed by atoms with Crippen LogP contribution in [0.4, 0.5) is 5.69 Å². The minimum Gasteiger partial charge on any atom is -0.368 e. The van der Waals surface area contributed by atoms with Gasteiger partial charge < -0.3 is 15.2 Å². The zero-order chi connectivity index (χ0) is 22.8. The minimum absolute atomic E-state index is 0.185. The SMILES string of the molecule is CCn1c(=O)[nH]c2cc(CN3CCN(c4ccc(C(=O)NC)nc4C)CC3)ccc2c1=O. The van der Waals surface area contributed by atoms with E-state index >= 15 is 0 Å². The number of fused-ring (bicyclic) bond motifs is 1. The number of amides is 1. The topological polar surface area (TPSA) is 103 Å². The van der Waals surface area contributed by atoms with E-state index < -0.39 is 0 Å². The van der Waals surface area contributed by atoms with Crippen molar-refractivity contribution < 1.29 is 4.79 Å². The maximum atomic E-state index is 12.5. The fourth-order valence-electron chi connectivity index (χ4n) is 4.23. The van der Waals surface area contributed by atoms with Gasteiger partial charge in [-0.3, -0.25) is 19.1 Å². The predicted octanol–water partition coefficient (Wildman–Crippen LogP) is 1.09. The van der Waals surface area contributed by atoms with Crippen molar-refractivity contribution in [3.8, 4) is 0 Å². The van der Waals surface area contributed by atoms with Crippen LogP contribution in [-0.4, -0.2) is 58.6 Å². The summed E-state index contributed by atoms with van der Waals surface area (Å²) in [5.41, 5.74) is 3.33. The van der Waals surface area contributed by atoms with Gasteiger partial charge in [0.25, 0.3) is 11.5 Å². The van der Waals surface area contributed by atoms with Gasteiger partial charge in [-0.05, 0) is 43.7 Å². The van der Waals surface area contributed by atoms with E-state index in [1.54, 1.807) is 26.1 Å². The molecule has 1 amide bonds. The van der Waals surface area contributed by atoms with Crippen LogP contribution in [0.25, 0.3) is 10.9 Å². The molecule has 0 spiro atoms. The number of hydrogen-bond acceptors (Lipinski definition) is 6. The lowest BCUT2D eigenvalue weighted by molar-refractivity contribution is 0.0958. The number of aryl methyl sites for hydroxylation is 1. The number of nitrogens with zero attached hydrogens (tertiary/aromatic N) is 4. The van der Waals surface area contributed by atoms with Gasteiger partial charge in [-0.1, -0.05) is 6.07 Å². The molecule has 1 aliphatic rings. The Morgan fingerprint density at radius 3 is 2.53 bits per heavy atom. The quantitative estimate of drug-likeness (QED) is 0.621. The number of benzene rings is 1. The number of aromatic nitrogens is 3. The molecule has 2 aromatic heterocycles. The zero-order valence-electron chi connectivity index (χ0n) is 18.6. The van der Waals surface area contributed by atoms with Crippen LogP contribution >= 0.6 is 0 Å². The molecule has 0 radical (unpaired) electrons. The Kier molecular flexibility index (Phi) is 6.09. The molecule has 0 saturated carbocycles. The van der Waals surface area contributed by atoms with Gasteiger partial charge in [-0.2, -0.15) is 0 Å². The number of carbonyl (C=O) groups excluding carboxylic acids is 1. The molecule has 9 heteroatoms. The van der Waals surface area contributed by atoms with Crippen molar-refractivity contribution in [3.63, 3.8) is 0 Å². The highest BCUT2D eigenvalue weighted by Gasteiger charge is 2.20. The molecule has 0 bridgehead atoms. The van der Waals surface area contributed by atoms with Gasteiger partial charge in [0, 0.05) is 46.3 Å². The fraction of sp³-hybridized carbons (Fsp3) is 0.391. The largest absolute Gasteiger partial charge is 0.368 e. The summed E-state index contributed by atoms with van der Waals surface area (Å²) < 4.78 is 1.21. The van der Waals surface area contributed by atoms with Gasteiger partial charge in [-0.25, -0.2) is 9.78 Å². The molecular formula is C23H28N6O3. The number of nitrogens with one attached hydrogen (secondary N) is 2. The first-order chi connectivity index (χ1) is 15.4. The molecule has 32 heavy (non-hydrogen) atoms. The third-order valence-corrected chi connectivity index (χ3v) is 6.00. The highest BCUT2D eigenvalue weighted by Crippen LogP contribution is 2.21. The standard InChI is InChI=1S/C23H28N6O3/c1-4-29-22(31)17-6-5-16(13-19(17)26-23(29)32)14-27-9-11-28(12-10-27)20-8-7-18(21(30)24-3)25-15(20)2/h5-8,13H,4,9-12,14H2,1-3H3,(H,24,30)(H,26,32). The third-order valence-electron chi connectivity index (χ3n) is 6.00. The van der Waals surface area contributed by atoms with Gasteiger partial charge >= 0.3 is 5.69 Å². The summed E-state index contributed by atoms with van der Waals surface area (Å²) in [5, 5.41) is 3.13. The molecule has 4 rings (SSSR count). The molecule has 1 aliphatic heterocycles. The van der Waals surface area contributed by atoms with Crippen LogP contribution in [-0.2, 0) is 13.1 Å². The van der Waals surface area contributed by atoms with Crippen LogP contribution < -0.4 is 21.5 Å². The molecule has 0 aliphatic carbocycles. The fourth-order valence-corrected chi connectivity index (χ4v) is 4.23. The lowest BCUT2D eigenvalue weighted by Gasteiger charge is -2.36. The Balaban J connectivity index is 1.44. The third kappa shape index (κ3) is 4.16. The van der Waals surface area contributed by atoms with Crippen molar-refractivity contribution in [1.82, 2.24) is 24.8 Å². The Morgan fingerprint density at radius 2 is 1.88 bits per heavy atom. The minimum atomic E-state index is -0.373. The Hall–Kier alpha value is -3.46. The number of piperazine rings is 1. The van der Waals surface area contributed by atoms with E-state index in [4.69, 9.17) is 0 Å². The Bertz CT molecular complexity index is 1270. The number of hydrogen-bond donors (Lipinski definition) is 2. The molecule has 0 atom stereocenters. The van der Waals surface area contributed by atoms with Crippen molar-refractivity contribution in [2.75, 3.05) is 38.1 Å². The van der Waals surface area contributed by atoms with E-state index in [-0.39, 0.29) is 17.2 Å². The summed E-state index contributed by atoms with van der Waals surface area (Å²) in [6.07, 6.45) is 0. The molecule has 168 valence electrons. The summed E-state index contributed by atoms with van der Waals surface area (Å²) in [7, 11) is 1.60. The predicted molar refractivity (Wildman–Crippen MR) is 124 cm³/mol. The summed E-state index contributed by atoms with van der Waals surface area (Å²) in [5.74, 6) is -0.185. The highest BCUT2D eigenvalue weighted by molar-refractivity contribution is 5.92. The van der Waals surface area contributed by atoms with Crippen molar-refractivity contribution in [3.05, 3.63) is 68.1 Å². The molecule has 3 heterocycles. The maximum absolute atomic E-state index is 12.5. The van der Waals surface area contributed by atoms with Crippen molar-refractivity contribution >= 4 is 22.5 Å². The molecule has 0 unspecified atom stereocenters. The van der Waals surface area contributed by atoms with Crippen molar-refractivity contribution in [2.24, 2.45) is 0 Å². The summed E-state index contributed by atoms with van der Waals surface area (Å²) >= 11 is 0. The second-order valence-electron chi connectivity index (χ2n) is 8.00. The van der Waals surface area contributed by atoms with Crippen LogP contribution in [0.1, 0.15) is 28.7 Å². The summed E-state index contributed by atoms with van der Waals surface area (Å²) in [6.45, 7) is 8.27. The van der Waals surface area contributed by atoms with E-state index in [1.807, 2.05) is 25.1 Å². The molecular weight excluding hydrogens is 408 g/mol. The van der Waals surface area contributed by atoms with Crippen LogP contribution in [0, 0.1) is 6.92 Å². The molecule has 1 aromatic carbocycles. The first-order valence-electron chi connectivity index (χ1n) is 10.8. The second kappa shape index (κ2) is 8.96. The Morgan fingerprint density at radius 1 is 1.12 bits per heavy atom. The number of aromatic amines is 1. The van der Waals surface area contributed by atoms with Gasteiger partial charge in [-0.15, -0.1) is 0 Å². The number of H-pyrrole nitrogens is 1. The van der Waals surface area contributed by atoms with Crippen LogP contribution in [0.3, 0.4) is 0 Å². The molecule has 9 nitrogen and oxygen atoms in total. The van der Waals surface area contributed by atoms with E-state index in [1.165, 1.54) is 4.57 Å². The van der Waals surface area contributed by atoms with E-state index in [9.17, 15) is 14.4 Å². The number of pyridine rings is 1. The van der Waals surface area contributed by atoms with Gasteiger partial charge in [0.15, 0.2) is 0 Å². The van der Waals surface area contributed by atoms with Crippen LogP contribution in [0.2, 0.25) is 0 Å². The smallest absolute Gasteiger partial charge is 0.328 e. The monoisotopic (exact) mass is 436 g/mol. The van der Waals surface area contributed by atoms with Gasteiger partial charge in [0.2, 0.25) is 0 Å². The average Bonchev–Trinajstić information content (AvgIpc) is 2.79. The lowest BCUT2D eigenvalue weighted by Crippen LogP contribution is -2.46. The van der Waals surface area contributed by atoms with Gasteiger partial charge in [0.1, 0.15) is 5.69 Å². The molecule has 3 aromatic rings. The average molecular weight is 437 g/mol. The normalized spacial score (nSPS) is 14.7. The molecule has 1 saturated heterocycles. The van der Waals surface area contributed by atoms with Crippen LogP contribution in [0.15, 0.2) is 39.9 Å². The molecule has 1 fully saturated rings.